The van der Waals surface area contributed by atoms with Crippen molar-refractivity contribution >= 4 is 27.8 Å². The van der Waals surface area contributed by atoms with Gasteiger partial charge in [-0.25, -0.2) is 4.79 Å². The summed E-state index contributed by atoms with van der Waals surface area (Å²) in [5.74, 6) is -1.49. The van der Waals surface area contributed by atoms with Crippen LogP contribution in [0.3, 0.4) is 0 Å². The first-order valence-electron chi connectivity index (χ1n) is 5.43. The summed E-state index contributed by atoms with van der Waals surface area (Å²) >= 11 is 3.26. The molecule has 0 bridgehead atoms. The van der Waals surface area contributed by atoms with Gasteiger partial charge in [0.2, 0.25) is 0 Å². The predicted octanol–water partition coefficient (Wildman–Crippen LogP) is 1.42. The lowest BCUT2D eigenvalue weighted by molar-refractivity contribution is -0.144. The molecule has 1 aromatic carbocycles. The molecule has 0 radical (unpaired) electrons. The SMILES string of the molecule is O=C(NC1(C(=O)O)CCOC1)c1ccccc1Br. The first kappa shape index (κ1) is 13.0. The number of rotatable bonds is 3. The minimum Gasteiger partial charge on any atom is -0.479 e. The molecule has 1 unspecified atom stereocenters. The molecule has 5 nitrogen and oxygen atoms in total. The summed E-state index contributed by atoms with van der Waals surface area (Å²) in [5, 5.41) is 11.8. The van der Waals surface area contributed by atoms with E-state index in [0.29, 0.717) is 16.6 Å². The molecular weight excluding hydrogens is 302 g/mol. The van der Waals surface area contributed by atoms with E-state index in [2.05, 4.69) is 21.2 Å². The number of carbonyl (C=O) groups excluding carboxylic acids is 1. The first-order valence-corrected chi connectivity index (χ1v) is 6.23. The topological polar surface area (TPSA) is 75.6 Å². The molecule has 1 heterocycles. The van der Waals surface area contributed by atoms with Crippen LogP contribution in [0.1, 0.15) is 16.8 Å². The van der Waals surface area contributed by atoms with Gasteiger partial charge in [-0.15, -0.1) is 0 Å². The molecule has 1 saturated heterocycles. The van der Waals surface area contributed by atoms with Gasteiger partial charge in [0.25, 0.3) is 5.91 Å². The Morgan fingerprint density at radius 2 is 2.11 bits per heavy atom. The molecule has 0 saturated carbocycles. The summed E-state index contributed by atoms with van der Waals surface area (Å²) < 4.78 is 5.71. The van der Waals surface area contributed by atoms with Crippen LogP contribution in [0.5, 0.6) is 0 Å². The normalized spacial score (nSPS) is 22.7. The van der Waals surface area contributed by atoms with Crippen LogP contribution in [0.15, 0.2) is 28.7 Å². The number of aliphatic carboxylic acids is 1. The number of halogens is 1. The van der Waals surface area contributed by atoms with Gasteiger partial charge < -0.3 is 15.2 Å². The van der Waals surface area contributed by atoms with Crippen molar-refractivity contribution in [1.82, 2.24) is 5.32 Å². The van der Waals surface area contributed by atoms with Crippen molar-refractivity contribution in [2.45, 2.75) is 12.0 Å². The van der Waals surface area contributed by atoms with Gasteiger partial charge in [0.1, 0.15) is 0 Å². The van der Waals surface area contributed by atoms with Gasteiger partial charge in [0.05, 0.1) is 12.2 Å². The van der Waals surface area contributed by atoms with Crippen molar-refractivity contribution in [3.63, 3.8) is 0 Å². The van der Waals surface area contributed by atoms with Crippen molar-refractivity contribution < 1.29 is 19.4 Å². The lowest BCUT2D eigenvalue weighted by atomic mass is 9.98. The Kier molecular flexibility index (Phi) is 3.68. The lowest BCUT2D eigenvalue weighted by Crippen LogP contribution is -2.55. The van der Waals surface area contributed by atoms with E-state index in [1.807, 2.05) is 0 Å². The van der Waals surface area contributed by atoms with Gasteiger partial charge in [-0.3, -0.25) is 4.79 Å². The van der Waals surface area contributed by atoms with E-state index in [9.17, 15) is 14.7 Å². The Bertz CT molecular complexity index is 483. The lowest BCUT2D eigenvalue weighted by Gasteiger charge is -2.23. The number of hydrogen-bond acceptors (Lipinski definition) is 3. The highest BCUT2D eigenvalue weighted by Crippen LogP contribution is 2.22. The van der Waals surface area contributed by atoms with Gasteiger partial charge >= 0.3 is 5.97 Å². The molecule has 1 fully saturated rings. The maximum absolute atomic E-state index is 12.1. The molecular formula is C12H12BrNO4. The first-order chi connectivity index (χ1) is 8.55. The maximum Gasteiger partial charge on any atom is 0.331 e. The van der Waals surface area contributed by atoms with E-state index in [1.165, 1.54) is 0 Å². The number of ether oxygens (including phenoxy) is 1. The van der Waals surface area contributed by atoms with Crippen LogP contribution in [0.4, 0.5) is 0 Å². The number of nitrogens with one attached hydrogen (secondary N) is 1. The minimum absolute atomic E-state index is 0.00146. The number of benzene rings is 1. The second kappa shape index (κ2) is 5.07. The molecule has 1 atom stereocenters. The van der Waals surface area contributed by atoms with Gasteiger partial charge in [-0.05, 0) is 28.1 Å². The zero-order valence-corrected chi connectivity index (χ0v) is 11.1. The zero-order valence-electron chi connectivity index (χ0n) is 9.48. The third-order valence-corrected chi connectivity index (χ3v) is 3.59. The monoisotopic (exact) mass is 313 g/mol. The van der Waals surface area contributed by atoms with Crippen LogP contribution >= 0.6 is 15.9 Å². The summed E-state index contributed by atoms with van der Waals surface area (Å²) in [7, 11) is 0. The summed E-state index contributed by atoms with van der Waals surface area (Å²) in [6.45, 7) is 0.334. The van der Waals surface area contributed by atoms with E-state index in [0.717, 1.165) is 0 Å². The Hall–Kier alpha value is -1.40. The average molecular weight is 314 g/mol. The molecule has 1 aliphatic heterocycles. The quantitative estimate of drug-likeness (QED) is 0.885. The average Bonchev–Trinajstić information content (AvgIpc) is 2.79. The standard InChI is InChI=1S/C12H12BrNO4/c13-9-4-2-1-3-8(9)10(15)14-12(11(16)17)5-6-18-7-12/h1-4H,5-7H2,(H,14,15)(H,16,17). The molecule has 0 spiro atoms. The zero-order chi connectivity index (χ0) is 13.2. The highest BCUT2D eigenvalue weighted by molar-refractivity contribution is 9.10. The van der Waals surface area contributed by atoms with Crippen LogP contribution in [-0.4, -0.2) is 35.7 Å². The minimum atomic E-state index is -1.31. The summed E-state index contributed by atoms with van der Waals surface area (Å²) in [4.78, 5) is 23.3. The largest absolute Gasteiger partial charge is 0.479 e. The van der Waals surface area contributed by atoms with Crippen molar-refractivity contribution in [3.05, 3.63) is 34.3 Å². The molecule has 6 heteroatoms. The predicted molar refractivity (Wildman–Crippen MR) is 67.4 cm³/mol. The van der Waals surface area contributed by atoms with Crippen LogP contribution in [0.2, 0.25) is 0 Å². The Morgan fingerprint density at radius 1 is 1.39 bits per heavy atom. The van der Waals surface area contributed by atoms with Gasteiger partial charge in [-0.1, -0.05) is 12.1 Å². The van der Waals surface area contributed by atoms with E-state index < -0.39 is 17.4 Å². The molecule has 1 aromatic rings. The van der Waals surface area contributed by atoms with E-state index in [4.69, 9.17) is 4.74 Å². The van der Waals surface area contributed by atoms with E-state index in [-0.39, 0.29) is 13.0 Å². The van der Waals surface area contributed by atoms with Crippen molar-refractivity contribution in [3.8, 4) is 0 Å². The molecule has 0 aliphatic carbocycles. The van der Waals surface area contributed by atoms with Gasteiger partial charge in [0.15, 0.2) is 5.54 Å². The van der Waals surface area contributed by atoms with Crippen LogP contribution in [0.25, 0.3) is 0 Å². The van der Waals surface area contributed by atoms with Crippen LogP contribution < -0.4 is 5.32 Å². The number of carboxylic acid groups (broad SMARTS) is 1. The molecule has 1 amide bonds. The fourth-order valence-electron chi connectivity index (χ4n) is 1.82. The third-order valence-electron chi connectivity index (χ3n) is 2.90. The number of carbonyl (C=O) groups is 2. The van der Waals surface area contributed by atoms with E-state index in [1.54, 1.807) is 24.3 Å². The smallest absolute Gasteiger partial charge is 0.331 e. The van der Waals surface area contributed by atoms with Gasteiger partial charge in [-0.2, -0.15) is 0 Å². The van der Waals surface area contributed by atoms with Crippen LogP contribution in [0, 0.1) is 0 Å². The second-order valence-electron chi connectivity index (χ2n) is 4.12. The van der Waals surface area contributed by atoms with Crippen molar-refractivity contribution in [1.29, 1.82) is 0 Å². The fraction of sp³-hybridized carbons (Fsp3) is 0.333. The molecule has 2 N–H and O–H groups in total. The fourth-order valence-corrected chi connectivity index (χ4v) is 2.28. The summed E-state index contributed by atoms with van der Waals surface area (Å²) in [5.41, 5.74) is -0.906. The highest BCUT2D eigenvalue weighted by atomic mass is 79.9. The third kappa shape index (κ3) is 2.39. The van der Waals surface area contributed by atoms with E-state index >= 15 is 0 Å². The number of carboxylic acids is 1. The highest BCUT2D eigenvalue weighted by Gasteiger charge is 2.44. The van der Waals surface area contributed by atoms with Crippen LogP contribution in [-0.2, 0) is 9.53 Å². The molecule has 2 rings (SSSR count). The maximum atomic E-state index is 12.1. The number of hydrogen-bond donors (Lipinski definition) is 2. The molecule has 0 aromatic heterocycles. The number of amides is 1. The van der Waals surface area contributed by atoms with Crippen molar-refractivity contribution in [2.75, 3.05) is 13.2 Å². The van der Waals surface area contributed by atoms with Crippen molar-refractivity contribution in [2.24, 2.45) is 0 Å². The Morgan fingerprint density at radius 3 is 2.67 bits per heavy atom. The summed E-state index contributed by atoms with van der Waals surface area (Å²) in [6.07, 6.45) is 0.276. The molecule has 96 valence electrons. The summed E-state index contributed by atoms with van der Waals surface area (Å²) in [6, 6.07) is 6.86. The Balaban J connectivity index is 2.21. The Labute approximate surface area is 112 Å². The second-order valence-corrected chi connectivity index (χ2v) is 4.98. The van der Waals surface area contributed by atoms with Gasteiger partial charge in [0, 0.05) is 17.5 Å². The molecule has 18 heavy (non-hydrogen) atoms. The molecule has 1 aliphatic rings.